The molecule has 0 aliphatic carbocycles. The van der Waals surface area contributed by atoms with Gasteiger partial charge in [0.1, 0.15) is 5.60 Å². The Bertz CT molecular complexity index is 865. The van der Waals surface area contributed by atoms with E-state index in [4.69, 9.17) is 10.5 Å². The Hall–Kier alpha value is -2.90. The van der Waals surface area contributed by atoms with Gasteiger partial charge >= 0.3 is 6.09 Å². The van der Waals surface area contributed by atoms with Crippen LogP contribution in [0.25, 0.3) is 10.9 Å². The summed E-state index contributed by atoms with van der Waals surface area (Å²) in [5, 5.41) is 4.73. The fourth-order valence-corrected chi connectivity index (χ4v) is 2.85. The first-order valence-corrected chi connectivity index (χ1v) is 7.97. The molecule has 1 aliphatic heterocycles. The first-order valence-electron chi connectivity index (χ1n) is 7.97. The van der Waals surface area contributed by atoms with E-state index < -0.39 is 23.5 Å². The van der Waals surface area contributed by atoms with Crippen molar-refractivity contribution >= 4 is 34.5 Å². The Morgan fingerprint density at radius 3 is 2.64 bits per heavy atom. The van der Waals surface area contributed by atoms with Crippen molar-refractivity contribution in [2.75, 3.05) is 11.4 Å². The van der Waals surface area contributed by atoms with Gasteiger partial charge in [-0.3, -0.25) is 9.59 Å². The molecule has 1 aromatic heterocycles. The highest BCUT2D eigenvalue weighted by atomic mass is 16.6. The molecule has 2 N–H and O–H groups in total. The summed E-state index contributed by atoms with van der Waals surface area (Å²) in [7, 11) is 0. The topological polar surface area (TPSA) is 108 Å². The van der Waals surface area contributed by atoms with Gasteiger partial charge in [-0.05, 0) is 32.9 Å². The molecule has 0 bridgehead atoms. The standard InChI is InChI=1S/C17H20N4O4/c1-17(2,3)25-16(24)21-13-6-4-5-12(11(13)8-19-21)20-9-10(15(18)23)7-14(20)22/h4-6,8,10H,7,9H2,1-3H3,(H2,18,23). The van der Waals surface area contributed by atoms with Crippen LogP contribution in [0, 0.1) is 5.92 Å². The Balaban J connectivity index is 1.98. The summed E-state index contributed by atoms with van der Waals surface area (Å²) in [5.74, 6) is -1.18. The largest absolute Gasteiger partial charge is 0.442 e. The molecular formula is C17H20N4O4. The van der Waals surface area contributed by atoms with E-state index in [2.05, 4.69) is 5.10 Å². The first-order chi connectivity index (χ1) is 11.7. The van der Waals surface area contributed by atoms with Crippen LogP contribution in [-0.4, -0.2) is 39.8 Å². The summed E-state index contributed by atoms with van der Waals surface area (Å²) in [6.45, 7) is 5.55. The predicted octanol–water partition coefficient (Wildman–Crippen LogP) is 1.66. The van der Waals surface area contributed by atoms with Crippen LogP contribution in [0.5, 0.6) is 0 Å². The van der Waals surface area contributed by atoms with Gasteiger partial charge < -0.3 is 15.4 Å². The fourth-order valence-electron chi connectivity index (χ4n) is 2.85. The summed E-state index contributed by atoms with van der Waals surface area (Å²) >= 11 is 0. The maximum absolute atomic E-state index is 12.3. The molecule has 1 unspecified atom stereocenters. The second-order valence-electron chi connectivity index (χ2n) is 7.05. The number of fused-ring (bicyclic) bond motifs is 1. The summed E-state index contributed by atoms with van der Waals surface area (Å²) < 4.78 is 6.51. The number of benzene rings is 1. The molecule has 0 spiro atoms. The number of carbonyl (C=O) groups is 3. The molecule has 2 heterocycles. The third kappa shape index (κ3) is 3.19. The number of ether oxygens (including phenoxy) is 1. The number of nitrogens with zero attached hydrogens (tertiary/aromatic N) is 3. The molecule has 0 saturated carbocycles. The van der Waals surface area contributed by atoms with Gasteiger partial charge in [0.25, 0.3) is 0 Å². The van der Waals surface area contributed by atoms with E-state index in [0.29, 0.717) is 16.6 Å². The van der Waals surface area contributed by atoms with E-state index in [1.54, 1.807) is 39.0 Å². The molecule has 1 saturated heterocycles. The number of aromatic nitrogens is 2. The van der Waals surface area contributed by atoms with E-state index in [0.717, 1.165) is 4.68 Å². The Morgan fingerprint density at radius 2 is 2.04 bits per heavy atom. The number of amides is 2. The monoisotopic (exact) mass is 344 g/mol. The number of carbonyl (C=O) groups excluding carboxylic acids is 3. The molecule has 2 aromatic rings. The van der Waals surface area contributed by atoms with Gasteiger partial charge in [0.2, 0.25) is 11.8 Å². The van der Waals surface area contributed by atoms with Crippen molar-refractivity contribution in [3.8, 4) is 0 Å². The molecule has 0 radical (unpaired) electrons. The third-order valence-corrected chi connectivity index (χ3v) is 3.98. The van der Waals surface area contributed by atoms with Crippen LogP contribution in [0.2, 0.25) is 0 Å². The molecule has 3 rings (SSSR count). The average Bonchev–Trinajstić information content (AvgIpc) is 3.08. The van der Waals surface area contributed by atoms with Crippen LogP contribution in [0.15, 0.2) is 24.4 Å². The average molecular weight is 344 g/mol. The number of rotatable bonds is 2. The van der Waals surface area contributed by atoms with Crippen molar-refractivity contribution < 1.29 is 19.1 Å². The molecule has 1 fully saturated rings. The molecule has 25 heavy (non-hydrogen) atoms. The SMILES string of the molecule is CC(C)(C)OC(=O)n1ncc2c(N3CC(C(N)=O)CC3=O)cccc21. The van der Waals surface area contributed by atoms with E-state index in [-0.39, 0.29) is 18.9 Å². The summed E-state index contributed by atoms with van der Waals surface area (Å²) in [4.78, 5) is 37.5. The van der Waals surface area contributed by atoms with Crippen LogP contribution in [0.3, 0.4) is 0 Å². The van der Waals surface area contributed by atoms with Gasteiger partial charge in [-0.15, -0.1) is 0 Å². The number of anilines is 1. The highest BCUT2D eigenvalue weighted by Crippen LogP contribution is 2.31. The highest BCUT2D eigenvalue weighted by Gasteiger charge is 2.35. The van der Waals surface area contributed by atoms with E-state index >= 15 is 0 Å². The van der Waals surface area contributed by atoms with Gasteiger partial charge in [-0.2, -0.15) is 9.78 Å². The maximum Gasteiger partial charge on any atom is 0.435 e. The maximum atomic E-state index is 12.3. The molecule has 1 aromatic carbocycles. The summed E-state index contributed by atoms with van der Waals surface area (Å²) in [5.41, 5.74) is 5.80. The lowest BCUT2D eigenvalue weighted by atomic mass is 10.1. The highest BCUT2D eigenvalue weighted by molar-refractivity contribution is 6.07. The van der Waals surface area contributed by atoms with Crippen molar-refractivity contribution in [3.05, 3.63) is 24.4 Å². The van der Waals surface area contributed by atoms with Gasteiger partial charge in [0, 0.05) is 18.4 Å². The third-order valence-electron chi connectivity index (χ3n) is 3.98. The van der Waals surface area contributed by atoms with Crippen LogP contribution < -0.4 is 10.6 Å². The van der Waals surface area contributed by atoms with E-state index in [1.165, 1.54) is 11.1 Å². The molecule has 8 nitrogen and oxygen atoms in total. The number of nitrogens with two attached hydrogens (primary N) is 1. The van der Waals surface area contributed by atoms with Crippen LogP contribution >= 0.6 is 0 Å². The molecule has 2 amide bonds. The zero-order chi connectivity index (χ0) is 18.4. The second-order valence-corrected chi connectivity index (χ2v) is 7.05. The Labute approximate surface area is 144 Å². The number of hydrogen-bond donors (Lipinski definition) is 1. The minimum atomic E-state index is -0.646. The minimum absolute atomic E-state index is 0.0892. The number of primary amides is 1. The smallest absolute Gasteiger partial charge is 0.435 e. The Kier molecular flexibility index (Phi) is 3.98. The van der Waals surface area contributed by atoms with E-state index in [1.807, 2.05) is 0 Å². The fraction of sp³-hybridized carbons (Fsp3) is 0.412. The van der Waals surface area contributed by atoms with Crippen molar-refractivity contribution in [3.63, 3.8) is 0 Å². The molecular weight excluding hydrogens is 324 g/mol. The molecule has 1 atom stereocenters. The normalized spacial score (nSPS) is 18.0. The van der Waals surface area contributed by atoms with Gasteiger partial charge in [0.15, 0.2) is 0 Å². The van der Waals surface area contributed by atoms with Crippen molar-refractivity contribution in [1.29, 1.82) is 0 Å². The van der Waals surface area contributed by atoms with Crippen molar-refractivity contribution in [2.45, 2.75) is 32.8 Å². The van der Waals surface area contributed by atoms with Crippen LogP contribution in [-0.2, 0) is 14.3 Å². The lowest BCUT2D eigenvalue weighted by Crippen LogP contribution is -2.28. The lowest BCUT2D eigenvalue weighted by molar-refractivity contribution is -0.123. The zero-order valence-electron chi connectivity index (χ0n) is 14.4. The molecule has 8 heteroatoms. The number of hydrogen-bond acceptors (Lipinski definition) is 5. The summed E-state index contributed by atoms with van der Waals surface area (Å²) in [6, 6.07) is 5.21. The predicted molar refractivity (Wildman–Crippen MR) is 91.0 cm³/mol. The second kappa shape index (κ2) is 5.87. The van der Waals surface area contributed by atoms with Crippen LogP contribution in [0.1, 0.15) is 27.2 Å². The van der Waals surface area contributed by atoms with Crippen molar-refractivity contribution in [2.24, 2.45) is 11.7 Å². The minimum Gasteiger partial charge on any atom is -0.442 e. The molecule has 132 valence electrons. The van der Waals surface area contributed by atoms with Gasteiger partial charge in [-0.1, -0.05) is 6.07 Å². The van der Waals surface area contributed by atoms with E-state index in [9.17, 15) is 14.4 Å². The Morgan fingerprint density at radius 1 is 1.32 bits per heavy atom. The quantitative estimate of drug-likeness (QED) is 0.891. The van der Waals surface area contributed by atoms with Crippen LogP contribution in [0.4, 0.5) is 10.5 Å². The summed E-state index contributed by atoms with van der Waals surface area (Å²) in [6.07, 6.45) is 1.01. The first kappa shape index (κ1) is 16.9. The van der Waals surface area contributed by atoms with Gasteiger partial charge in [-0.25, -0.2) is 4.79 Å². The van der Waals surface area contributed by atoms with Crippen molar-refractivity contribution in [1.82, 2.24) is 9.78 Å². The molecule has 1 aliphatic rings. The zero-order valence-corrected chi connectivity index (χ0v) is 14.4. The van der Waals surface area contributed by atoms with Gasteiger partial charge in [0.05, 0.1) is 23.3 Å². The lowest BCUT2D eigenvalue weighted by Gasteiger charge is -2.19.